The number of nitrogens with zero attached hydrogens (tertiary/aromatic N) is 2. The molecule has 0 bridgehead atoms. The van der Waals surface area contributed by atoms with Crippen LogP contribution in [0.3, 0.4) is 0 Å². The lowest BCUT2D eigenvalue weighted by Gasteiger charge is -2.34. The Labute approximate surface area is 151 Å². The molecule has 1 atom stereocenters. The number of aliphatic carboxylic acids is 1. The van der Waals surface area contributed by atoms with Crippen LogP contribution in [0.4, 0.5) is 5.69 Å². The molecule has 26 heavy (non-hydrogen) atoms. The number of Topliss-reactive ketones (excluding diaryl/α,β-unsaturated/α-hetero) is 1. The van der Waals surface area contributed by atoms with Crippen LogP contribution in [-0.2, 0) is 14.4 Å². The van der Waals surface area contributed by atoms with Gasteiger partial charge in [0, 0.05) is 18.7 Å². The smallest absolute Gasteiger partial charge is 0.305 e. The van der Waals surface area contributed by atoms with Crippen molar-refractivity contribution in [3.8, 4) is 5.75 Å². The summed E-state index contributed by atoms with van der Waals surface area (Å²) in [5, 5.41) is 8.80. The third kappa shape index (κ3) is 4.19. The van der Waals surface area contributed by atoms with Gasteiger partial charge in [-0.25, -0.2) is 0 Å². The summed E-state index contributed by atoms with van der Waals surface area (Å²) in [6.45, 7) is 4.90. The lowest BCUT2D eigenvalue weighted by atomic mass is 10.1. The van der Waals surface area contributed by atoms with Crippen molar-refractivity contribution in [3.05, 3.63) is 23.8 Å². The predicted octanol–water partition coefficient (Wildman–Crippen LogP) is 1.33. The molecule has 2 amide bonds. The van der Waals surface area contributed by atoms with Crippen LogP contribution in [0.5, 0.6) is 5.75 Å². The number of hydrogen-bond donors (Lipinski definition) is 1. The van der Waals surface area contributed by atoms with E-state index >= 15 is 0 Å². The summed E-state index contributed by atoms with van der Waals surface area (Å²) in [7, 11) is 0. The van der Waals surface area contributed by atoms with Crippen molar-refractivity contribution >= 4 is 29.3 Å². The molecule has 1 N–H and O–H groups in total. The first kappa shape index (κ1) is 19.4. The number of carboxylic acid groups (broad SMARTS) is 1. The number of rotatable bonds is 7. The lowest BCUT2D eigenvalue weighted by molar-refractivity contribution is -0.138. The second-order valence-electron chi connectivity index (χ2n) is 6.04. The molecule has 8 heteroatoms. The van der Waals surface area contributed by atoms with E-state index in [1.807, 2.05) is 0 Å². The lowest BCUT2D eigenvalue weighted by Crippen LogP contribution is -2.49. The summed E-state index contributed by atoms with van der Waals surface area (Å²) in [4.78, 5) is 50.2. The number of ether oxygens (including phenoxy) is 1. The highest BCUT2D eigenvalue weighted by Crippen LogP contribution is 2.35. The summed E-state index contributed by atoms with van der Waals surface area (Å²) in [6.07, 6.45) is -0.925. The Morgan fingerprint density at radius 2 is 2.00 bits per heavy atom. The van der Waals surface area contributed by atoms with E-state index in [1.54, 1.807) is 26.0 Å². The standard InChI is InChI=1S/C18H22N2O6/c1-4-19(8-7-17(23)24)16(22)10-20-14-9-13(11(2)21)5-6-15(14)26-12(3)18(20)25/h5-6,9,12H,4,7-8,10H2,1-3H3,(H,23,24). The van der Waals surface area contributed by atoms with E-state index in [2.05, 4.69) is 0 Å². The molecule has 0 aromatic heterocycles. The van der Waals surface area contributed by atoms with Gasteiger partial charge in [-0.05, 0) is 39.0 Å². The molecule has 1 aromatic carbocycles. The number of ketones is 1. The van der Waals surface area contributed by atoms with Crippen molar-refractivity contribution in [2.75, 3.05) is 24.5 Å². The van der Waals surface area contributed by atoms with Crippen molar-refractivity contribution in [2.45, 2.75) is 33.3 Å². The fraction of sp³-hybridized carbons (Fsp3) is 0.444. The highest BCUT2D eigenvalue weighted by atomic mass is 16.5. The molecule has 0 saturated heterocycles. The van der Waals surface area contributed by atoms with E-state index in [4.69, 9.17) is 9.84 Å². The SMILES string of the molecule is CCN(CCC(=O)O)C(=O)CN1C(=O)C(C)Oc2ccc(C(C)=O)cc21. The monoisotopic (exact) mass is 362 g/mol. The molecular formula is C18H22N2O6. The van der Waals surface area contributed by atoms with Crippen molar-refractivity contribution in [1.82, 2.24) is 4.90 Å². The van der Waals surface area contributed by atoms with Crippen LogP contribution in [0.15, 0.2) is 18.2 Å². The van der Waals surface area contributed by atoms with Gasteiger partial charge < -0.3 is 14.7 Å². The van der Waals surface area contributed by atoms with Crippen molar-refractivity contribution < 1.29 is 29.0 Å². The minimum absolute atomic E-state index is 0.0685. The molecule has 0 saturated carbocycles. The van der Waals surface area contributed by atoms with Crippen molar-refractivity contribution in [3.63, 3.8) is 0 Å². The van der Waals surface area contributed by atoms with E-state index < -0.39 is 12.1 Å². The minimum atomic E-state index is -0.997. The molecule has 1 heterocycles. The fourth-order valence-electron chi connectivity index (χ4n) is 2.71. The van der Waals surface area contributed by atoms with Crippen LogP contribution in [0, 0.1) is 0 Å². The molecular weight excluding hydrogens is 340 g/mol. The number of benzene rings is 1. The average molecular weight is 362 g/mol. The highest BCUT2D eigenvalue weighted by molar-refractivity contribution is 6.05. The number of hydrogen-bond acceptors (Lipinski definition) is 5. The molecule has 0 aliphatic carbocycles. The van der Waals surface area contributed by atoms with Crippen LogP contribution < -0.4 is 9.64 Å². The minimum Gasteiger partial charge on any atom is -0.481 e. The summed E-state index contributed by atoms with van der Waals surface area (Å²) >= 11 is 0. The Balaban J connectivity index is 2.28. The highest BCUT2D eigenvalue weighted by Gasteiger charge is 2.34. The maximum Gasteiger partial charge on any atom is 0.305 e. The number of anilines is 1. The van der Waals surface area contributed by atoms with E-state index in [0.717, 1.165) is 0 Å². The topological polar surface area (TPSA) is 104 Å². The number of carboxylic acids is 1. The van der Waals surface area contributed by atoms with Crippen molar-refractivity contribution in [1.29, 1.82) is 0 Å². The van der Waals surface area contributed by atoms with Gasteiger partial charge in [0.25, 0.3) is 5.91 Å². The Hall–Kier alpha value is -2.90. The molecule has 0 fully saturated rings. The van der Waals surface area contributed by atoms with E-state index in [0.29, 0.717) is 23.5 Å². The molecule has 1 unspecified atom stereocenters. The molecule has 1 aromatic rings. The van der Waals surface area contributed by atoms with Gasteiger partial charge in [-0.2, -0.15) is 0 Å². The third-order valence-corrected chi connectivity index (χ3v) is 4.20. The quantitative estimate of drug-likeness (QED) is 0.734. The fourth-order valence-corrected chi connectivity index (χ4v) is 2.71. The maximum atomic E-state index is 12.6. The van der Waals surface area contributed by atoms with Gasteiger partial charge in [0.05, 0.1) is 12.1 Å². The third-order valence-electron chi connectivity index (χ3n) is 4.20. The molecule has 0 radical (unpaired) electrons. The number of likely N-dealkylation sites (N-methyl/N-ethyl adjacent to an activating group) is 1. The van der Waals surface area contributed by atoms with Crippen molar-refractivity contribution in [2.24, 2.45) is 0 Å². The molecule has 2 rings (SSSR count). The summed E-state index contributed by atoms with van der Waals surface area (Å²) in [5.41, 5.74) is 0.772. The van der Waals surface area contributed by atoms with Crippen LogP contribution in [-0.4, -0.2) is 59.3 Å². The Morgan fingerprint density at radius 3 is 2.58 bits per heavy atom. The second-order valence-corrected chi connectivity index (χ2v) is 6.04. The summed E-state index contributed by atoms with van der Waals surface area (Å²) < 4.78 is 5.55. The zero-order valence-corrected chi connectivity index (χ0v) is 15.0. The zero-order valence-electron chi connectivity index (χ0n) is 15.0. The Morgan fingerprint density at radius 1 is 1.31 bits per heavy atom. The maximum absolute atomic E-state index is 12.6. The van der Waals surface area contributed by atoms with Crippen LogP contribution in [0.25, 0.3) is 0 Å². The number of carbonyl (C=O) groups is 4. The van der Waals surface area contributed by atoms with Gasteiger partial charge in [-0.3, -0.25) is 24.1 Å². The second kappa shape index (κ2) is 7.99. The first-order valence-electron chi connectivity index (χ1n) is 8.37. The Kier molecular flexibility index (Phi) is 5.97. The average Bonchev–Trinajstić information content (AvgIpc) is 2.58. The first-order valence-corrected chi connectivity index (χ1v) is 8.37. The molecule has 8 nitrogen and oxygen atoms in total. The van der Waals surface area contributed by atoms with Gasteiger partial charge in [0.15, 0.2) is 11.9 Å². The van der Waals surface area contributed by atoms with E-state index in [-0.39, 0.29) is 37.1 Å². The van der Waals surface area contributed by atoms with Crippen LogP contribution in [0.2, 0.25) is 0 Å². The van der Waals surface area contributed by atoms with Gasteiger partial charge in [-0.1, -0.05) is 0 Å². The Bertz CT molecular complexity index is 745. The largest absolute Gasteiger partial charge is 0.481 e. The summed E-state index contributed by atoms with van der Waals surface area (Å²) in [5.74, 6) is -1.50. The zero-order chi connectivity index (χ0) is 19.4. The van der Waals surface area contributed by atoms with Crippen LogP contribution >= 0.6 is 0 Å². The van der Waals surface area contributed by atoms with Gasteiger partial charge in [0.2, 0.25) is 5.91 Å². The summed E-state index contributed by atoms with van der Waals surface area (Å²) in [6, 6.07) is 4.74. The number of amides is 2. The first-order chi connectivity index (χ1) is 12.2. The van der Waals surface area contributed by atoms with Gasteiger partial charge in [0.1, 0.15) is 12.3 Å². The number of carbonyl (C=O) groups excluding carboxylic acids is 3. The van der Waals surface area contributed by atoms with Gasteiger partial charge >= 0.3 is 5.97 Å². The molecule has 1 aliphatic heterocycles. The molecule has 1 aliphatic rings. The predicted molar refractivity (Wildman–Crippen MR) is 93.4 cm³/mol. The number of fused-ring (bicyclic) bond motifs is 1. The molecule has 0 spiro atoms. The van der Waals surface area contributed by atoms with E-state index in [1.165, 1.54) is 22.8 Å². The normalized spacial score (nSPS) is 15.9. The molecule has 140 valence electrons. The van der Waals surface area contributed by atoms with Gasteiger partial charge in [-0.15, -0.1) is 0 Å². The van der Waals surface area contributed by atoms with E-state index in [9.17, 15) is 19.2 Å². The van der Waals surface area contributed by atoms with Crippen LogP contribution in [0.1, 0.15) is 37.6 Å².